The standard InChI is InChI=1S/C41H50Cl3N5O5/c1-7-45-38(50)26-8-12-33(42)31(20-26)25(3)49(28-10-11-28)39(51)32-23-48(40(52)54-41(4,5)6)17-15-30(32)27-9-13-36(46-21-27)47-16-14-29(22-47)53-37-34(43)18-24(2)19-35(37)44/h8-9,12-13,18-21,25,28-30,32H,7,10-11,14-17,22-23H2,1-6H3,(H,45,50)/t25?,29-,30+,32-/m1/s1. The third-order valence-corrected chi connectivity index (χ3v) is 11.2. The first-order valence-corrected chi connectivity index (χ1v) is 20.0. The Hall–Kier alpha value is -3.73. The Morgan fingerprint density at radius 2 is 1.69 bits per heavy atom. The van der Waals surface area contributed by atoms with Crippen LogP contribution in [0.3, 0.4) is 0 Å². The van der Waals surface area contributed by atoms with E-state index in [1.54, 1.807) is 23.1 Å². The molecular formula is C41H50Cl3N5O5. The van der Waals surface area contributed by atoms with E-state index in [-0.39, 0.29) is 36.4 Å². The van der Waals surface area contributed by atoms with Gasteiger partial charge in [0.15, 0.2) is 5.75 Å². The number of anilines is 1. The summed E-state index contributed by atoms with van der Waals surface area (Å²) in [5.74, 6) is 0.318. The number of rotatable bonds is 10. The minimum Gasteiger partial charge on any atom is -0.485 e. The average molecular weight is 799 g/mol. The molecule has 54 heavy (non-hydrogen) atoms. The Kier molecular flexibility index (Phi) is 12.2. The molecule has 3 aliphatic rings. The van der Waals surface area contributed by atoms with Crippen LogP contribution >= 0.6 is 34.8 Å². The molecule has 6 rings (SSSR count). The van der Waals surface area contributed by atoms with E-state index >= 15 is 0 Å². The summed E-state index contributed by atoms with van der Waals surface area (Å²) in [7, 11) is 0. The molecule has 1 aliphatic carbocycles. The number of aromatic nitrogens is 1. The van der Waals surface area contributed by atoms with Crippen molar-refractivity contribution in [1.29, 1.82) is 0 Å². The van der Waals surface area contributed by atoms with Gasteiger partial charge in [0, 0.05) is 61.3 Å². The first-order chi connectivity index (χ1) is 25.6. The quantitative estimate of drug-likeness (QED) is 0.219. The van der Waals surface area contributed by atoms with E-state index < -0.39 is 23.7 Å². The van der Waals surface area contributed by atoms with Gasteiger partial charge in [0.2, 0.25) is 5.91 Å². The predicted molar refractivity (Wildman–Crippen MR) is 213 cm³/mol. The number of aryl methyl sites for hydroxylation is 1. The maximum atomic E-state index is 15.0. The average Bonchev–Trinajstić information content (AvgIpc) is 3.84. The first kappa shape index (κ1) is 39.9. The van der Waals surface area contributed by atoms with E-state index in [9.17, 15) is 14.4 Å². The molecule has 0 spiro atoms. The van der Waals surface area contributed by atoms with E-state index in [0.29, 0.717) is 58.0 Å². The number of ether oxygens (including phenoxy) is 2. The lowest BCUT2D eigenvalue weighted by Gasteiger charge is -2.42. The van der Waals surface area contributed by atoms with Crippen LogP contribution in [0.15, 0.2) is 48.7 Å². The second-order valence-electron chi connectivity index (χ2n) is 15.7. The van der Waals surface area contributed by atoms with Crippen molar-refractivity contribution in [3.63, 3.8) is 0 Å². The first-order valence-electron chi connectivity index (χ1n) is 18.8. The third-order valence-electron chi connectivity index (χ3n) is 10.3. The van der Waals surface area contributed by atoms with Gasteiger partial charge in [-0.1, -0.05) is 40.9 Å². The summed E-state index contributed by atoms with van der Waals surface area (Å²) >= 11 is 19.7. The predicted octanol–water partition coefficient (Wildman–Crippen LogP) is 8.85. The second-order valence-corrected chi connectivity index (χ2v) is 16.9. The van der Waals surface area contributed by atoms with Crippen molar-refractivity contribution in [3.8, 4) is 5.75 Å². The lowest BCUT2D eigenvalue weighted by atomic mass is 9.79. The van der Waals surface area contributed by atoms with Crippen LogP contribution in [0.1, 0.15) is 99.3 Å². The van der Waals surface area contributed by atoms with Crippen molar-refractivity contribution in [2.24, 2.45) is 5.92 Å². The number of piperidine rings is 1. The molecule has 13 heteroatoms. The highest BCUT2D eigenvalue weighted by Gasteiger charge is 2.45. The van der Waals surface area contributed by atoms with Gasteiger partial charge in [0.05, 0.1) is 28.5 Å². The molecule has 1 saturated carbocycles. The van der Waals surface area contributed by atoms with Gasteiger partial charge < -0.3 is 29.5 Å². The van der Waals surface area contributed by atoms with Crippen LogP contribution in [0.25, 0.3) is 0 Å². The van der Waals surface area contributed by atoms with Gasteiger partial charge in [-0.25, -0.2) is 9.78 Å². The van der Waals surface area contributed by atoms with Gasteiger partial charge in [0.25, 0.3) is 5.91 Å². The summed E-state index contributed by atoms with van der Waals surface area (Å²) in [5.41, 5.74) is 2.43. The number of hydrogen-bond acceptors (Lipinski definition) is 7. The number of amides is 3. The minimum atomic E-state index is -0.675. The molecular weight excluding hydrogens is 749 g/mol. The summed E-state index contributed by atoms with van der Waals surface area (Å²) in [5, 5.41) is 4.32. The molecule has 4 atom stereocenters. The Bertz CT molecular complexity index is 1840. The lowest BCUT2D eigenvalue weighted by Crippen LogP contribution is -2.51. The summed E-state index contributed by atoms with van der Waals surface area (Å²) in [6.45, 7) is 13.8. The molecule has 1 N–H and O–H groups in total. The van der Waals surface area contributed by atoms with Crippen molar-refractivity contribution in [3.05, 3.63) is 86.0 Å². The highest BCUT2D eigenvalue weighted by molar-refractivity contribution is 6.37. The van der Waals surface area contributed by atoms with Gasteiger partial charge in [-0.2, -0.15) is 0 Å². The van der Waals surface area contributed by atoms with Crippen molar-refractivity contribution >= 4 is 58.5 Å². The maximum Gasteiger partial charge on any atom is 0.410 e. The van der Waals surface area contributed by atoms with Crippen molar-refractivity contribution < 1.29 is 23.9 Å². The largest absolute Gasteiger partial charge is 0.485 e. The van der Waals surface area contributed by atoms with Gasteiger partial charge in [-0.3, -0.25) is 9.59 Å². The second kappa shape index (κ2) is 16.6. The van der Waals surface area contributed by atoms with Gasteiger partial charge in [-0.15, -0.1) is 0 Å². The molecule has 0 radical (unpaired) electrons. The van der Waals surface area contributed by atoms with Crippen LogP contribution in [-0.2, 0) is 9.53 Å². The summed E-state index contributed by atoms with van der Waals surface area (Å²) in [6.07, 6.45) is 4.42. The van der Waals surface area contributed by atoms with E-state index in [1.807, 2.05) is 70.8 Å². The SMILES string of the molecule is CCNC(=O)c1ccc(Cl)c(C(C)N(C(=O)[C@@H]2CN(C(=O)OC(C)(C)C)CC[C@H]2c2ccc(N3CC[C@@H](Oc4c(Cl)cc(C)cc4Cl)C3)nc2)C2CC2)c1. The van der Waals surface area contributed by atoms with Crippen LogP contribution in [0.4, 0.5) is 10.6 Å². The number of likely N-dealkylation sites (tertiary alicyclic amines) is 1. The normalized spacial score (nSPS) is 20.7. The molecule has 3 amide bonds. The molecule has 0 bridgehead atoms. The zero-order valence-electron chi connectivity index (χ0n) is 31.8. The van der Waals surface area contributed by atoms with Crippen molar-refractivity contribution in [2.75, 3.05) is 37.6 Å². The number of pyridine rings is 1. The van der Waals surface area contributed by atoms with Crippen molar-refractivity contribution in [1.82, 2.24) is 20.1 Å². The number of nitrogens with zero attached hydrogens (tertiary/aromatic N) is 4. The fourth-order valence-corrected chi connectivity index (χ4v) is 8.51. The number of carbonyl (C=O) groups excluding carboxylic acids is 3. The Labute approximate surface area is 333 Å². The Balaban J connectivity index is 1.24. The number of benzene rings is 2. The summed E-state index contributed by atoms with van der Waals surface area (Å²) in [4.78, 5) is 51.7. The minimum absolute atomic E-state index is 0.0322. The zero-order valence-corrected chi connectivity index (χ0v) is 34.1. The molecule has 3 heterocycles. The highest BCUT2D eigenvalue weighted by atomic mass is 35.5. The molecule has 1 unspecified atom stereocenters. The van der Waals surface area contributed by atoms with E-state index in [0.717, 1.165) is 42.8 Å². The topological polar surface area (TPSA) is 104 Å². The van der Waals surface area contributed by atoms with E-state index in [2.05, 4.69) is 16.3 Å². The number of halogens is 3. The van der Waals surface area contributed by atoms with E-state index in [4.69, 9.17) is 49.3 Å². The van der Waals surface area contributed by atoms with Gasteiger partial charge >= 0.3 is 6.09 Å². The zero-order chi connectivity index (χ0) is 38.9. The molecule has 1 aromatic heterocycles. The van der Waals surface area contributed by atoms with Crippen LogP contribution in [-0.4, -0.2) is 83.2 Å². The fourth-order valence-electron chi connectivity index (χ4n) is 7.54. The summed E-state index contributed by atoms with van der Waals surface area (Å²) < 4.78 is 12.0. The molecule has 3 aromatic rings. The van der Waals surface area contributed by atoms with Crippen LogP contribution in [0.2, 0.25) is 15.1 Å². The summed E-state index contributed by atoms with van der Waals surface area (Å²) in [6, 6.07) is 12.6. The molecule has 290 valence electrons. The number of carbonyl (C=O) groups is 3. The van der Waals surface area contributed by atoms with Crippen molar-refractivity contribution in [2.45, 2.75) is 96.9 Å². The lowest BCUT2D eigenvalue weighted by molar-refractivity contribution is -0.141. The molecule has 2 aromatic carbocycles. The van der Waals surface area contributed by atoms with Crippen LogP contribution in [0, 0.1) is 12.8 Å². The number of hydrogen-bond donors (Lipinski definition) is 1. The Morgan fingerprint density at radius 1 is 0.963 bits per heavy atom. The molecule has 2 saturated heterocycles. The molecule has 3 fully saturated rings. The third kappa shape index (κ3) is 9.20. The molecule has 10 nitrogen and oxygen atoms in total. The van der Waals surface area contributed by atoms with Gasteiger partial charge in [0.1, 0.15) is 17.5 Å². The monoisotopic (exact) mass is 797 g/mol. The Morgan fingerprint density at radius 3 is 2.31 bits per heavy atom. The van der Waals surface area contributed by atoms with E-state index in [1.165, 1.54) is 0 Å². The highest BCUT2D eigenvalue weighted by Crippen LogP contribution is 2.43. The van der Waals surface area contributed by atoms with Crippen LogP contribution in [0.5, 0.6) is 5.75 Å². The molecule has 2 aliphatic heterocycles. The van der Waals surface area contributed by atoms with Crippen LogP contribution < -0.4 is 15.0 Å². The number of nitrogens with one attached hydrogen (secondary N) is 1. The van der Waals surface area contributed by atoms with Gasteiger partial charge in [-0.05, 0) is 114 Å². The fraction of sp³-hybridized carbons (Fsp3) is 0.512. The maximum absolute atomic E-state index is 15.0. The smallest absolute Gasteiger partial charge is 0.410 e.